The fourth-order valence-corrected chi connectivity index (χ4v) is 7.16. The Balaban J connectivity index is 1.54. The summed E-state index contributed by atoms with van der Waals surface area (Å²) in [6.07, 6.45) is 3.85. The summed E-state index contributed by atoms with van der Waals surface area (Å²) in [5.41, 5.74) is 4.41. The molecule has 2 aliphatic heterocycles. The van der Waals surface area contributed by atoms with Crippen LogP contribution in [0.25, 0.3) is 6.08 Å². The third kappa shape index (κ3) is 3.29. The summed E-state index contributed by atoms with van der Waals surface area (Å²) in [5, 5.41) is 0.577. The highest BCUT2D eigenvalue weighted by molar-refractivity contribution is 6.32. The molecule has 1 spiro atoms. The Hall–Kier alpha value is -4.28. The molecule has 1 aliphatic carbocycles. The van der Waals surface area contributed by atoms with E-state index < -0.39 is 23.4 Å². The van der Waals surface area contributed by atoms with E-state index in [-0.39, 0.29) is 17.3 Å². The van der Waals surface area contributed by atoms with Crippen LogP contribution in [-0.4, -0.2) is 29.4 Å². The number of anilines is 1. The molecule has 0 aromatic heterocycles. The van der Waals surface area contributed by atoms with Crippen molar-refractivity contribution in [2.75, 3.05) is 4.90 Å². The summed E-state index contributed by atoms with van der Waals surface area (Å²) in [4.78, 5) is 45.9. The number of halogens is 1. The second-order valence-corrected chi connectivity index (χ2v) is 11.5. The highest BCUT2D eigenvalue weighted by Gasteiger charge is 2.71. The molecular formula is C35H26ClNO3. The molecule has 4 aromatic rings. The topological polar surface area (TPSA) is 54.5 Å². The van der Waals surface area contributed by atoms with E-state index in [1.807, 2.05) is 91.6 Å². The monoisotopic (exact) mass is 543 g/mol. The van der Waals surface area contributed by atoms with Crippen LogP contribution in [-0.2, 0) is 0 Å². The molecule has 4 nitrogen and oxygen atoms in total. The summed E-state index contributed by atoms with van der Waals surface area (Å²) < 4.78 is 0. The Bertz CT molecular complexity index is 1720. The van der Waals surface area contributed by atoms with Crippen LogP contribution < -0.4 is 4.90 Å². The zero-order valence-electron chi connectivity index (χ0n) is 22.1. The minimum atomic E-state index is -1.50. The molecule has 3 unspecified atom stereocenters. The normalized spacial score (nSPS) is 21.9. The van der Waals surface area contributed by atoms with Crippen LogP contribution in [0.3, 0.4) is 0 Å². The Kier molecular flexibility index (Phi) is 5.48. The van der Waals surface area contributed by atoms with E-state index in [1.54, 1.807) is 30.3 Å². The van der Waals surface area contributed by atoms with Crippen molar-refractivity contribution in [3.8, 4) is 0 Å². The maximum atomic E-state index is 14.7. The Labute approximate surface area is 237 Å². The van der Waals surface area contributed by atoms with Crippen molar-refractivity contribution in [1.82, 2.24) is 0 Å². The largest absolute Gasteiger partial charge is 0.352 e. The molecule has 1 saturated heterocycles. The molecule has 0 amide bonds. The van der Waals surface area contributed by atoms with Gasteiger partial charge in [0.2, 0.25) is 0 Å². The van der Waals surface area contributed by atoms with Gasteiger partial charge >= 0.3 is 0 Å². The number of hydrogen-bond acceptors (Lipinski definition) is 4. The van der Waals surface area contributed by atoms with Gasteiger partial charge in [-0.15, -0.1) is 0 Å². The molecule has 0 saturated carbocycles. The van der Waals surface area contributed by atoms with Crippen molar-refractivity contribution in [2.45, 2.75) is 31.8 Å². The van der Waals surface area contributed by atoms with E-state index in [2.05, 4.69) is 0 Å². The zero-order valence-corrected chi connectivity index (χ0v) is 22.9. The third-order valence-electron chi connectivity index (χ3n) is 8.81. The van der Waals surface area contributed by atoms with Crippen molar-refractivity contribution in [3.63, 3.8) is 0 Å². The quantitative estimate of drug-likeness (QED) is 0.201. The molecule has 1 fully saturated rings. The lowest BCUT2D eigenvalue weighted by atomic mass is 9.64. The van der Waals surface area contributed by atoms with Crippen LogP contribution in [0.15, 0.2) is 97.1 Å². The fourth-order valence-electron chi connectivity index (χ4n) is 6.98. The first-order valence-corrected chi connectivity index (χ1v) is 13.8. The van der Waals surface area contributed by atoms with Gasteiger partial charge in [0, 0.05) is 33.3 Å². The minimum absolute atomic E-state index is 0.125. The van der Waals surface area contributed by atoms with E-state index >= 15 is 0 Å². The average molecular weight is 544 g/mol. The second kappa shape index (κ2) is 8.87. The standard InChI is InChI=1S/C35H26ClNO3/c1-20-7-11-22(12-8-20)30-31(32(38)23-13-9-21(2)10-14-23)37-28-17-16-25(36)19-24(28)15-18-29(37)35(30)33(39)26-5-3-4-6-27(26)34(35)40/h3-19,29-31H,1-2H3. The maximum absolute atomic E-state index is 14.7. The molecule has 5 heteroatoms. The lowest BCUT2D eigenvalue weighted by Gasteiger charge is -2.37. The van der Waals surface area contributed by atoms with Gasteiger partial charge in [-0.05, 0) is 43.2 Å². The summed E-state index contributed by atoms with van der Waals surface area (Å²) in [7, 11) is 0. The smallest absolute Gasteiger partial charge is 0.185 e. The zero-order chi connectivity index (χ0) is 27.8. The third-order valence-corrected chi connectivity index (χ3v) is 9.04. The van der Waals surface area contributed by atoms with E-state index in [1.165, 1.54) is 0 Å². The van der Waals surface area contributed by atoms with Gasteiger partial charge in [0.15, 0.2) is 17.3 Å². The predicted molar refractivity (Wildman–Crippen MR) is 158 cm³/mol. The molecule has 2 heterocycles. The van der Waals surface area contributed by atoms with Gasteiger partial charge in [0.1, 0.15) is 11.5 Å². The minimum Gasteiger partial charge on any atom is -0.352 e. The first-order chi connectivity index (χ1) is 19.3. The average Bonchev–Trinajstić information content (AvgIpc) is 3.39. The molecule has 0 radical (unpaired) electrons. The van der Waals surface area contributed by atoms with Crippen LogP contribution in [0.5, 0.6) is 0 Å². The number of hydrogen-bond donors (Lipinski definition) is 0. The van der Waals surface area contributed by atoms with Crippen molar-refractivity contribution in [2.24, 2.45) is 5.41 Å². The number of carbonyl (C=O) groups is 3. The summed E-state index contributed by atoms with van der Waals surface area (Å²) in [6.45, 7) is 3.98. The molecule has 7 rings (SSSR count). The van der Waals surface area contributed by atoms with Crippen molar-refractivity contribution >= 4 is 40.7 Å². The number of carbonyl (C=O) groups excluding carboxylic acids is 3. The number of aryl methyl sites for hydroxylation is 2. The van der Waals surface area contributed by atoms with Gasteiger partial charge in [-0.2, -0.15) is 0 Å². The predicted octanol–water partition coefficient (Wildman–Crippen LogP) is 7.27. The summed E-state index contributed by atoms with van der Waals surface area (Å²) in [6, 6.07) is 26.5. The number of fused-ring (bicyclic) bond motifs is 5. The van der Waals surface area contributed by atoms with Crippen LogP contribution in [0, 0.1) is 19.3 Å². The lowest BCUT2D eigenvalue weighted by molar-refractivity contribution is 0.0666. The fraction of sp³-hybridized carbons (Fsp3) is 0.171. The number of ketones is 3. The van der Waals surface area contributed by atoms with E-state index in [0.29, 0.717) is 21.7 Å². The van der Waals surface area contributed by atoms with E-state index in [9.17, 15) is 14.4 Å². The van der Waals surface area contributed by atoms with E-state index in [4.69, 9.17) is 11.6 Å². The van der Waals surface area contributed by atoms with Crippen LogP contribution >= 0.6 is 11.6 Å². The highest BCUT2D eigenvalue weighted by Crippen LogP contribution is 2.61. The van der Waals surface area contributed by atoms with Gasteiger partial charge in [0.05, 0.1) is 6.04 Å². The number of rotatable bonds is 3. The van der Waals surface area contributed by atoms with Crippen LogP contribution in [0.2, 0.25) is 5.02 Å². The Morgan fingerprint density at radius 2 is 1.40 bits per heavy atom. The van der Waals surface area contributed by atoms with Crippen LogP contribution in [0.4, 0.5) is 5.69 Å². The number of benzene rings is 4. The molecule has 40 heavy (non-hydrogen) atoms. The molecule has 3 aliphatic rings. The first kappa shape index (κ1) is 24.7. The molecule has 3 atom stereocenters. The van der Waals surface area contributed by atoms with Gasteiger partial charge in [-0.25, -0.2) is 0 Å². The first-order valence-electron chi connectivity index (χ1n) is 13.4. The molecule has 0 N–H and O–H groups in total. The number of Topliss-reactive ketones (excluding diaryl/α,β-unsaturated/α-hetero) is 3. The van der Waals surface area contributed by atoms with Crippen molar-refractivity contribution in [1.29, 1.82) is 0 Å². The summed E-state index contributed by atoms with van der Waals surface area (Å²) >= 11 is 6.37. The van der Waals surface area contributed by atoms with Gasteiger partial charge in [-0.1, -0.05) is 108 Å². The van der Waals surface area contributed by atoms with Crippen LogP contribution in [0.1, 0.15) is 59.2 Å². The maximum Gasteiger partial charge on any atom is 0.185 e. The molecular weight excluding hydrogens is 518 g/mol. The number of nitrogens with zero attached hydrogens (tertiary/aromatic N) is 1. The van der Waals surface area contributed by atoms with Crippen molar-refractivity contribution < 1.29 is 14.4 Å². The lowest BCUT2D eigenvalue weighted by Crippen LogP contribution is -2.48. The van der Waals surface area contributed by atoms with Gasteiger partial charge in [-0.3, -0.25) is 14.4 Å². The van der Waals surface area contributed by atoms with Gasteiger partial charge < -0.3 is 4.90 Å². The van der Waals surface area contributed by atoms with Gasteiger partial charge in [0.25, 0.3) is 0 Å². The van der Waals surface area contributed by atoms with Crippen molar-refractivity contribution in [3.05, 3.63) is 141 Å². The molecule has 196 valence electrons. The second-order valence-electron chi connectivity index (χ2n) is 11.1. The Morgan fingerprint density at radius 1 is 0.800 bits per heavy atom. The SMILES string of the molecule is Cc1ccc(C(=O)C2C(c3ccc(C)cc3)C3(C(=O)c4ccccc4C3=O)C3C=Cc4cc(Cl)ccc4N23)cc1. The highest BCUT2D eigenvalue weighted by atomic mass is 35.5. The molecule has 0 bridgehead atoms. The van der Waals surface area contributed by atoms with E-state index in [0.717, 1.165) is 27.9 Å². The Morgan fingerprint density at radius 3 is 2.02 bits per heavy atom. The summed E-state index contributed by atoms with van der Waals surface area (Å²) in [5.74, 6) is -1.30. The molecule has 4 aromatic carbocycles.